The number of imidazole rings is 1. The number of aromatic nitrogens is 2. The van der Waals surface area contributed by atoms with Crippen molar-refractivity contribution in [2.45, 2.75) is 258 Å². The molecule has 3 heteroatoms. The van der Waals surface area contributed by atoms with E-state index in [1.807, 2.05) is 0 Å². The monoisotopic (exact) mass is 695 g/mol. The van der Waals surface area contributed by atoms with Gasteiger partial charge in [0.15, 0.2) is 0 Å². The Hall–Kier alpha value is -1.51. The second-order valence-corrected chi connectivity index (χ2v) is 16.1. The highest BCUT2D eigenvalue weighted by Gasteiger charge is 2.12. The fourth-order valence-corrected chi connectivity index (χ4v) is 8.05. The molecular weight excluding hydrogens is 609 g/mol. The van der Waals surface area contributed by atoms with E-state index in [1.54, 1.807) is 0 Å². The van der Waals surface area contributed by atoms with Crippen molar-refractivity contribution in [1.82, 2.24) is 9.13 Å². The third kappa shape index (κ3) is 22.4. The van der Waals surface area contributed by atoms with E-state index >= 15 is 0 Å². The summed E-state index contributed by atoms with van der Waals surface area (Å²) in [5.74, 6) is 0. The normalized spacial score (nSPS) is 11.7. The van der Waals surface area contributed by atoms with Gasteiger partial charge in [-0.1, -0.05) is 244 Å². The summed E-state index contributed by atoms with van der Waals surface area (Å²) in [5.41, 5.74) is 2.48. The van der Waals surface area contributed by atoms with E-state index in [2.05, 4.69) is 47.2 Å². The molecule has 0 unspecified atom stereocenters. The van der Waals surface area contributed by atoms with Crippen LogP contribution in [0.5, 0.6) is 0 Å². The number of hydrogen-bond acceptors (Lipinski definition) is 1. The quantitative estimate of drug-likeness (QED) is 0.0643. The summed E-state index contributed by atoms with van der Waals surface area (Å²) < 4.78 is 4.13. The van der Waals surface area contributed by atoms with E-state index < -0.39 is 0 Å². The first-order chi connectivity index (χ1) is 24.8. The molecule has 0 atom stereocenters. The molecule has 50 heavy (non-hydrogen) atoms. The molecule has 0 saturated heterocycles. The maximum Gasteiger partial charge on any atom is 0.329 e. The molecule has 0 aliphatic heterocycles. The molecule has 0 spiro atoms. The Kier molecular flexibility index (Phi) is 29.8. The van der Waals surface area contributed by atoms with Crippen LogP contribution < -0.4 is 5.69 Å². The van der Waals surface area contributed by atoms with E-state index in [9.17, 15) is 4.79 Å². The zero-order valence-corrected chi connectivity index (χ0v) is 34.0. The zero-order valence-electron chi connectivity index (χ0n) is 34.0. The highest BCUT2D eigenvalue weighted by Crippen LogP contribution is 2.18. The minimum Gasteiger partial charge on any atom is -0.292 e. The highest BCUT2D eigenvalue weighted by atomic mass is 16.1. The maximum absolute atomic E-state index is 13.4. The summed E-state index contributed by atoms with van der Waals surface area (Å²) in [7, 11) is 0. The lowest BCUT2D eigenvalue weighted by atomic mass is 10.0. The van der Waals surface area contributed by atoms with E-state index in [-0.39, 0.29) is 5.69 Å². The van der Waals surface area contributed by atoms with Gasteiger partial charge >= 0.3 is 5.69 Å². The molecule has 3 nitrogen and oxygen atoms in total. The number of nitrogens with zero attached hydrogens (tertiary/aromatic N) is 2. The van der Waals surface area contributed by atoms with Crippen molar-refractivity contribution >= 4 is 11.0 Å². The van der Waals surface area contributed by atoms with Gasteiger partial charge in [0.1, 0.15) is 0 Å². The Bertz CT molecular complexity index is 971. The molecule has 1 heterocycles. The zero-order chi connectivity index (χ0) is 35.6. The molecule has 0 N–H and O–H groups in total. The van der Waals surface area contributed by atoms with Crippen molar-refractivity contribution in [2.24, 2.45) is 0 Å². The van der Waals surface area contributed by atoms with Crippen molar-refractivity contribution in [3.63, 3.8) is 0 Å². The Balaban J connectivity index is 1.44. The second-order valence-electron chi connectivity index (χ2n) is 16.1. The summed E-state index contributed by atoms with van der Waals surface area (Å²) in [4.78, 5) is 13.4. The number of benzene rings is 1. The molecule has 0 aliphatic rings. The molecular formula is C47H86N2O. The first kappa shape index (κ1) is 44.7. The maximum atomic E-state index is 13.4. The number of hydrogen-bond donors (Lipinski definition) is 0. The predicted octanol–water partition coefficient (Wildman–Crippen LogP) is 15.9. The van der Waals surface area contributed by atoms with Gasteiger partial charge in [-0.05, 0) is 25.0 Å². The van der Waals surface area contributed by atoms with Gasteiger partial charge in [-0.15, -0.1) is 0 Å². The lowest BCUT2D eigenvalue weighted by Crippen LogP contribution is -2.24. The molecule has 1 aromatic carbocycles. The Labute approximate surface area is 312 Å². The van der Waals surface area contributed by atoms with Crippen molar-refractivity contribution in [3.8, 4) is 0 Å². The van der Waals surface area contributed by atoms with Crippen LogP contribution in [-0.4, -0.2) is 9.13 Å². The number of para-hydroxylation sites is 2. The first-order valence-electron chi connectivity index (χ1n) is 23.0. The Morgan fingerprint density at radius 1 is 0.320 bits per heavy atom. The third-order valence-electron chi connectivity index (χ3n) is 11.4. The van der Waals surface area contributed by atoms with Crippen LogP contribution in [0, 0.1) is 0 Å². The average Bonchev–Trinajstić information content (AvgIpc) is 3.40. The lowest BCUT2D eigenvalue weighted by Gasteiger charge is -2.05. The number of unbranched alkanes of at least 4 members (excludes halogenated alkanes) is 34. The lowest BCUT2D eigenvalue weighted by molar-refractivity contribution is 0.508. The summed E-state index contributed by atoms with van der Waals surface area (Å²) in [6.45, 7) is 6.33. The van der Waals surface area contributed by atoms with E-state index in [0.29, 0.717) is 0 Å². The summed E-state index contributed by atoms with van der Waals surface area (Å²) in [5, 5.41) is 0. The van der Waals surface area contributed by atoms with Crippen LogP contribution in [0.1, 0.15) is 245 Å². The van der Waals surface area contributed by atoms with Crippen LogP contribution >= 0.6 is 0 Å². The van der Waals surface area contributed by atoms with Crippen molar-refractivity contribution in [2.75, 3.05) is 0 Å². The smallest absolute Gasteiger partial charge is 0.292 e. The van der Waals surface area contributed by atoms with Gasteiger partial charge in [0.2, 0.25) is 0 Å². The van der Waals surface area contributed by atoms with E-state index in [4.69, 9.17) is 0 Å². The van der Waals surface area contributed by atoms with Gasteiger partial charge in [-0.25, -0.2) is 4.79 Å². The first-order valence-corrected chi connectivity index (χ1v) is 23.0. The van der Waals surface area contributed by atoms with Crippen LogP contribution in [0.25, 0.3) is 11.0 Å². The van der Waals surface area contributed by atoms with Crippen LogP contribution in [-0.2, 0) is 13.1 Å². The largest absolute Gasteiger partial charge is 0.329 e. The van der Waals surface area contributed by atoms with E-state index in [0.717, 1.165) is 37.0 Å². The highest BCUT2D eigenvalue weighted by molar-refractivity contribution is 5.75. The van der Waals surface area contributed by atoms with Crippen LogP contribution in [0.3, 0.4) is 0 Å². The average molecular weight is 695 g/mol. The van der Waals surface area contributed by atoms with Crippen LogP contribution in [0.15, 0.2) is 29.1 Å². The number of rotatable bonds is 38. The molecule has 0 radical (unpaired) electrons. The Morgan fingerprint density at radius 2 is 0.520 bits per heavy atom. The second kappa shape index (κ2) is 33.3. The van der Waals surface area contributed by atoms with Gasteiger partial charge < -0.3 is 0 Å². The molecule has 2 aromatic rings. The topological polar surface area (TPSA) is 26.9 Å². The van der Waals surface area contributed by atoms with Gasteiger partial charge in [0.05, 0.1) is 11.0 Å². The fourth-order valence-electron chi connectivity index (χ4n) is 8.05. The molecule has 1 aromatic heterocycles. The summed E-state index contributed by atoms with van der Waals surface area (Å²) in [6, 6.07) is 8.48. The number of aryl methyl sites for hydroxylation is 2. The van der Waals surface area contributed by atoms with Crippen LogP contribution in [0.2, 0.25) is 0 Å². The molecule has 0 fully saturated rings. The minimum atomic E-state index is 0.213. The molecule has 290 valence electrons. The Morgan fingerprint density at radius 3 is 0.740 bits per heavy atom. The molecule has 0 saturated carbocycles. The van der Waals surface area contributed by atoms with Crippen molar-refractivity contribution in [1.29, 1.82) is 0 Å². The molecule has 0 amide bonds. The van der Waals surface area contributed by atoms with Crippen molar-refractivity contribution in [3.05, 3.63) is 34.7 Å². The molecule has 2 rings (SSSR count). The van der Waals surface area contributed by atoms with Gasteiger partial charge in [0, 0.05) is 13.1 Å². The van der Waals surface area contributed by atoms with Gasteiger partial charge in [-0.2, -0.15) is 0 Å². The number of fused-ring (bicyclic) bond motifs is 1. The fraction of sp³-hybridized carbons (Fsp3) is 0.851. The third-order valence-corrected chi connectivity index (χ3v) is 11.4. The molecule has 0 bridgehead atoms. The van der Waals surface area contributed by atoms with E-state index in [1.165, 1.54) is 218 Å². The summed E-state index contributed by atoms with van der Waals surface area (Å²) in [6.07, 6.45) is 50.1. The van der Waals surface area contributed by atoms with Gasteiger partial charge in [-0.3, -0.25) is 9.13 Å². The SMILES string of the molecule is CCCCCCCCCCCCCCCCCCCCn1c(=O)n(CCCCCCCCCCCCCCCCCCCC)c2ccccc21. The van der Waals surface area contributed by atoms with Crippen LogP contribution in [0.4, 0.5) is 0 Å². The molecule has 0 aliphatic carbocycles. The van der Waals surface area contributed by atoms with Crippen molar-refractivity contribution < 1.29 is 0 Å². The minimum absolute atomic E-state index is 0.213. The van der Waals surface area contributed by atoms with Gasteiger partial charge in [0.25, 0.3) is 0 Å². The summed E-state index contributed by atoms with van der Waals surface area (Å²) >= 11 is 0. The predicted molar refractivity (Wildman–Crippen MR) is 224 cm³/mol. The standard InChI is InChI=1S/C47H86N2O/c1-3-5-7-9-11-13-15-17-19-21-23-25-27-29-31-33-35-39-43-48-45-41-37-38-42-46(45)49(47(48)50)44-40-36-34-32-30-28-26-24-22-20-18-16-14-12-10-8-6-4-2/h37-38,41-42H,3-36,39-40,43-44H2,1-2H3.